The molecule has 0 bridgehead atoms. The van der Waals surface area contributed by atoms with Crippen LogP contribution in [0.3, 0.4) is 0 Å². The Labute approximate surface area is 84.1 Å². The molecule has 1 atom stereocenters. The molecule has 1 aliphatic carbocycles. The van der Waals surface area contributed by atoms with Gasteiger partial charge in [-0.3, -0.25) is 0 Å². The third kappa shape index (κ3) is 2.15. The zero-order valence-electron chi connectivity index (χ0n) is 8.11. The van der Waals surface area contributed by atoms with E-state index in [1.807, 2.05) is 30.3 Å². The third-order valence-corrected chi connectivity index (χ3v) is 2.51. The van der Waals surface area contributed by atoms with Gasteiger partial charge in [-0.15, -0.1) is 0 Å². The minimum absolute atomic E-state index is 0.227. The van der Waals surface area contributed by atoms with Crippen LogP contribution in [0, 0.1) is 0 Å². The lowest BCUT2D eigenvalue weighted by molar-refractivity contribution is 0.362. The number of allylic oxidation sites excluding steroid dienone is 1. The minimum atomic E-state index is -0.227. The molecule has 1 fully saturated rings. The fourth-order valence-electron chi connectivity index (χ4n) is 1.55. The molecule has 2 nitrogen and oxygen atoms in total. The lowest BCUT2D eigenvalue weighted by atomic mass is 10.0. The maximum Gasteiger partial charge on any atom is 0.108 e. The number of rotatable bonds is 3. The summed E-state index contributed by atoms with van der Waals surface area (Å²) >= 11 is 0. The van der Waals surface area contributed by atoms with Gasteiger partial charge >= 0.3 is 0 Å². The molecule has 1 aliphatic rings. The summed E-state index contributed by atoms with van der Waals surface area (Å²) in [6.07, 6.45) is 2.76. The van der Waals surface area contributed by atoms with Gasteiger partial charge in [-0.05, 0) is 30.4 Å². The van der Waals surface area contributed by atoms with Crippen LogP contribution in [0.4, 0.5) is 0 Å². The topological polar surface area (TPSA) is 46.2 Å². The van der Waals surface area contributed by atoms with Gasteiger partial charge in [0.15, 0.2) is 0 Å². The van der Waals surface area contributed by atoms with Crippen molar-refractivity contribution in [3.8, 4) is 0 Å². The first kappa shape index (κ1) is 9.28. The fraction of sp³-hybridized carbons (Fsp3) is 0.333. The maximum absolute atomic E-state index is 9.67. The van der Waals surface area contributed by atoms with Gasteiger partial charge in [0.2, 0.25) is 0 Å². The predicted octanol–water partition coefficient (Wildman–Crippen LogP) is 2.16. The first-order valence-electron chi connectivity index (χ1n) is 4.98. The van der Waals surface area contributed by atoms with Crippen LogP contribution in [-0.4, -0.2) is 11.1 Å². The van der Waals surface area contributed by atoms with E-state index in [4.69, 9.17) is 5.73 Å². The van der Waals surface area contributed by atoms with E-state index < -0.39 is 0 Å². The van der Waals surface area contributed by atoms with Gasteiger partial charge in [0, 0.05) is 0 Å². The Hall–Kier alpha value is -1.28. The molecular weight excluding hydrogens is 174 g/mol. The lowest BCUT2D eigenvalue weighted by Crippen LogP contribution is -2.25. The smallest absolute Gasteiger partial charge is 0.108 e. The Morgan fingerprint density at radius 1 is 1.29 bits per heavy atom. The highest BCUT2D eigenvalue weighted by Gasteiger charge is 2.21. The first-order valence-corrected chi connectivity index (χ1v) is 4.98. The van der Waals surface area contributed by atoms with Gasteiger partial charge in [0.05, 0.1) is 6.04 Å². The van der Waals surface area contributed by atoms with Crippen molar-refractivity contribution in [2.45, 2.75) is 25.3 Å². The molecule has 1 aromatic rings. The Balaban J connectivity index is 2.01. The van der Waals surface area contributed by atoms with E-state index in [0.29, 0.717) is 5.76 Å². The Morgan fingerprint density at radius 3 is 2.50 bits per heavy atom. The van der Waals surface area contributed by atoms with Gasteiger partial charge in [-0.2, -0.15) is 0 Å². The van der Waals surface area contributed by atoms with Crippen molar-refractivity contribution >= 4 is 0 Å². The second kappa shape index (κ2) is 3.84. The van der Waals surface area contributed by atoms with Crippen molar-refractivity contribution in [3.63, 3.8) is 0 Å². The minimum Gasteiger partial charge on any atom is -0.511 e. The molecule has 0 heterocycles. The highest BCUT2D eigenvalue weighted by molar-refractivity contribution is 5.26. The van der Waals surface area contributed by atoms with E-state index in [9.17, 15) is 5.11 Å². The molecule has 0 aliphatic heterocycles. The second-order valence-corrected chi connectivity index (χ2v) is 3.79. The number of benzene rings is 1. The molecular formula is C12H15NO. The third-order valence-electron chi connectivity index (χ3n) is 2.51. The van der Waals surface area contributed by atoms with E-state index in [0.717, 1.165) is 24.8 Å². The zero-order chi connectivity index (χ0) is 9.97. The van der Waals surface area contributed by atoms with Crippen LogP contribution in [0.25, 0.3) is 0 Å². The Morgan fingerprint density at radius 2 is 1.93 bits per heavy atom. The van der Waals surface area contributed by atoms with Gasteiger partial charge < -0.3 is 10.8 Å². The summed E-state index contributed by atoms with van der Waals surface area (Å²) in [6.45, 7) is 0. The monoisotopic (exact) mass is 189 g/mol. The normalized spacial score (nSPS) is 16.5. The van der Waals surface area contributed by atoms with E-state index in [1.54, 1.807) is 0 Å². The quantitative estimate of drug-likeness (QED) is 0.716. The largest absolute Gasteiger partial charge is 0.511 e. The number of aliphatic hydroxyl groups excluding tert-OH is 1. The summed E-state index contributed by atoms with van der Waals surface area (Å²) in [7, 11) is 0. The van der Waals surface area contributed by atoms with Crippen molar-refractivity contribution in [1.82, 2.24) is 0 Å². The Bertz CT molecular complexity index is 337. The molecule has 2 heteroatoms. The molecule has 1 aromatic carbocycles. The van der Waals surface area contributed by atoms with Crippen LogP contribution in [-0.2, 0) is 6.42 Å². The van der Waals surface area contributed by atoms with Gasteiger partial charge in [0.25, 0.3) is 0 Å². The van der Waals surface area contributed by atoms with Crippen molar-refractivity contribution in [1.29, 1.82) is 0 Å². The standard InChI is InChI=1S/C12H15NO/c13-11(12(14)10-6-7-10)8-9-4-2-1-3-5-9/h1-5,11,14H,6-8,13H2/t11-/m0/s1. The molecule has 0 unspecified atom stereocenters. The van der Waals surface area contributed by atoms with E-state index in [-0.39, 0.29) is 6.04 Å². The summed E-state index contributed by atoms with van der Waals surface area (Å²) in [4.78, 5) is 0. The number of nitrogens with two attached hydrogens (primary N) is 1. The zero-order valence-corrected chi connectivity index (χ0v) is 8.11. The number of aliphatic hydroxyl groups is 1. The summed E-state index contributed by atoms with van der Waals surface area (Å²) in [5.41, 5.74) is 8.19. The maximum atomic E-state index is 9.67. The van der Waals surface area contributed by atoms with Crippen molar-refractivity contribution in [2.24, 2.45) is 5.73 Å². The SMILES string of the molecule is N[C@@H](Cc1ccccc1)C(O)=C1CC1. The van der Waals surface area contributed by atoms with E-state index >= 15 is 0 Å². The molecule has 2 rings (SSSR count). The summed E-state index contributed by atoms with van der Waals surface area (Å²) < 4.78 is 0. The molecule has 0 aromatic heterocycles. The summed E-state index contributed by atoms with van der Waals surface area (Å²) in [6, 6.07) is 9.80. The molecule has 0 spiro atoms. The lowest BCUT2D eigenvalue weighted by Gasteiger charge is -2.10. The average molecular weight is 189 g/mol. The van der Waals surface area contributed by atoms with Crippen molar-refractivity contribution in [3.05, 3.63) is 47.2 Å². The van der Waals surface area contributed by atoms with Crippen LogP contribution >= 0.6 is 0 Å². The number of hydrogen-bond acceptors (Lipinski definition) is 2. The highest BCUT2D eigenvalue weighted by Crippen LogP contribution is 2.31. The fourth-order valence-corrected chi connectivity index (χ4v) is 1.55. The van der Waals surface area contributed by atoms with Crippen molar-refractivity contribution < 1.29 is 5.11 Å². The molecule has 1 saturated carbocycles. The van der Waals surface area contributed by atoms with E-state index in [2.05, 4.69) is 0 Å². The number of hydrogen-bond donors (Lipinski definition) is 2. The molecule has 0 radical (unpaired) electrons. The summed E-state index contributed by atoms with van der Waals surface area (Å²) in [5, 5.41) is 9.67. The van der Waals surface area contributed by atoms with Gasteiger partial charge in [-0.25, -0.2) is 0 Å². The molecule has 0 amide bonds. The summed E-state index contributed by atoms with van der Waals surface area (Å²) in [5.74, 6) is 0.411. The highest BCUT2D eigenvalue weighted by atomic mass is 16.3. The molecule has 14 heavy (non-hydrogen) atoms. The average Bonchev–Trinajstić information content (AvgIpc) is 3.01. The van der Waals surface area contributed by atoms with Crippen LogP contribution < -0.4 is 5.73 Å². The van der Waals surface area contributed by atoms with Gasteiger partial charge in [-0.1, -0.05) is 30.3 Å². The second-order valence-electron chi connectivity index (χ2n) is 3.79. The van der Waals surface area contributed by atoms with E-state index in [1.165, 1.54) is 5.56 Å². The molecule has 0 saturated heterocycles. The van der Waals surface area contributed by atoms with Crippen LogP contribution in [0.1, 0.15) is 18.4 Å². The van der Waals surface area contributed by atoms with Gasteiger partial charge in [0.1, 0.15) is 5.76 Å². The Kier molecular flexibility index (Phi) is 2.55. The van der Waals surface area contributed by atoms with Crippen LogP contribution in [0.15, 0.2) is 41.7 Å². The van der Waals surface area contributed by atoms with Crippen LogP contribution in [0.2, 0.25) is 0 Å². The van der Waals surface area contributed by atoms with Crippen LogP contribution in [0.5, 0.6) is 0 Å². The molecule has 74 valence electrons. The predicted molar refractivity (Wildman–Crippen MR) is 57.0 cm³/mol. The van der Waals surface area contributed by atoms with Crippen molar-refractivity contribution in [2.75, 3.05) is 0 Å². The first-order chi connectivity index (χ1) is 6.77. The molecule has 3 N–H and O–H groups in total.